The van der Waals surface area contributed by atoms with Crippen molar-refractivity contribution in [1.29, 1.82) is 0 Å². The standard InChI is InChI=1S/C21H23N4O4/c1-25(20(27)18(23-21(25)28)13-15-5-7-22-8-6-15)17-4-2-3-16(14-17)19(26)24-9-11-29-12-10-24/h2-8,13-14,21,23,28H,9-12H2,1H3/q+1. The number of aromatic nitrogens is 1. The number of hydrogen-bond acceptors (Lipinski definition) is 6. The molecule has 8 heteroatoms. The summed E-state index contributed by atoms with van der Waals surface area (Å²) in [5, 5.41) is 13.5. The van der Waals surface area contributed by atoms with Crippen molar-refractivity contribution in [3.63, 3.8) is 0 Å². The fourth-order valence-electron chi connectivity index (χ4n) is 3.56. The topological polar surface area (TPSA) is 91.8 Å². The van der Waals surface area contributed by atoms with Gasteiger partial charge in [0.05, 0.1) is 20.3 Å². The van der Waals surface area contributed by atoms with E-state index in [1.165, 1.54) is 0 Å². The second-order valence-corrected chi connectivity index (χ2v) is 7.19. The van der Waals surface area contributed by atoms with E-state index in [1.807, 2.05) is 0 Å². The molecule has 2 amide bonds. The quantitative estimate of drug-likeness (QED) is 0.594. The lowest BCUT2D eigenvalue weighted by molar-refractivity contribution is -0.128. The average molecular weight is 395 g/mol. The van der Waals surface area contributed by atoms with Gasteiger partial charge in [0.2, 0.25) is 0 Å². The average Bonchev–Trinajstić information content (AvgIpc) is 2.99. The van der Waals surface area contributed by atoms with Gasteiger partial charge in [0, 0.05) is 37.1 Å². The van der Waals surface area contributed by atoms with Crippen molar-refractivity contribution in [3.8, 4) is 0 Å². The first-order valence-electron chi connectivity index (χ1n) is 9.45. The molecule has 0 spiro atoms. The number of amides is 2. The Morgan fingerprint density at radius 1 is 1.28 bits per heavy atom. The number of carbonyl (C=O) groups excluding carboxylic acids is 2. The Morgan fingerprint density at radius 2 is 2.00 bits per heavy atom. The van der Waals surface area contributed by atoms with Crippen LogP contribution in [0.4, 0.5) is 5.69 Å². The van der Waals surface area contributed by atoms with Gasteiger partial charge in [-0.2, -0.15) is 4.48 Å². The minimum absolute atomic E-state index is 0.108. The lowest BCUT2D eigenvalue weighted by atomic mass is 10.1. The summed E-state index contributed by atoms with van der Waals surface area (Å²) in [6.07, 6.45) is 3.79. The largest absolute Gasteiger partial charge is 0.378 e. The van der Waals surface area contributed by atoms with Crippen molar-refractivity contribution in [2.24, 2.45) is 0 Å². The summed E-state index contributed by atoms with van der Waals surface area (Å²) in [4.78, 5) is 31.7. The number of pyridine rings is 1. The number of benzene rings is 1. The Morgan fingerprint density at radius 3 is 2.72 bits per heavy atom. The number of ether oxygens (including phenoxy) is 1. The summed E-state index contributed by atoms with van der Waals surface area (Å²) in [6.45, 7) is 2.11. The predicted octanol–water partition coefficient (Wildman–Crippen LogP) is 0.938. The van der Waals surface area contributed by atoms with Crippen LogP contribution < -0.4 is 9.80 Å². The summed E-state index contributed by atoms with van der Waals surface area (Å²) < 4.78 is 4.91. The second-order valence-electron chi connectivity index (χ2n) is 7.19. The summed E-state index contributed by atoms with van der Waals surface area (Å²) in [6, 6.07) is 10.4. The molecular weight excluding hydrogens is 372 g/mol. The molecule has 2 aliphatic heterocycles. The van der Waals surface area contributed by atoms with Gasteiger partial charge >= 0.3 is 5.91 Å². The molecule has 0 radical (unpaired) electrons. The van der Waals surface area contributed by atoms with Gasteiger partial charge in [0.1, 0.15) is 11.4 Å². The number of hydrogen-bond donors (Lipinski definition) is 2. The van der Waals surface area contributed by atoms with Gasteiger partial charge in [-0.25, -0.2) is 4.79 Å². The van der Waals surface area contributed by atoms with Crippen molar-refractivity contribution < 1.29 is 19.4 Å². The normalized spacial score (nSPS) is 25.9. The second kappa shape index (κ2) is 7.75. The van der Waals surface area contributed by atoms with Gasteiger partial charge in [-0.15, -0.1) is 0 Å². The van der Waals surface area contributed by atoms with Gasteiger partial charge in [-0.05, 0) is 35.9 Å². The van der Waals surface area contributed by atoms with E-state index in [4.69, 9.17) is 4.74 Å². The lowest BCUT2D eigenvalue weighted by Crippen LogP contribution is -2.55. The predicted molar refractivity (Wildman–Crippen MR) is 107 cm³/mol. The molecule has 0 bridgehead atoms. The fraction of sp³-hybridized carbons (Fsp3) is 0.286. The number of carbonyl (C=O) groups is 2. The van der Waals surface area contributed by atoms with Gasteiger partial charge < -0.3 is 20.1 Å². The van der Waals surface area contributed by atoms with E-state index in [-0.39, 0.29) is 16.3 Å². The number of likely N-dealkylation sites (N-methyl/N-ethyl adjacent to an activating group) is 1. The number of nitrogens with one attached hydrogen (secondary N) is 1. The van der Waals surface area contributed by atoms with Crippen LogP contribution in [0, 0.1) is 0 Å². The summed E-state index contributed by atoms with van der Waals surface area (Å²) in [5.41, 5.74) is 2.12. The minimum atomic E-state index is -1.16. The third-order valence-corrected chi connectivity index (χ3v) is 5.37. The Bertz CT molecular complexity index is 956. The van der Waals surface area contributed by atoms with Crippen LogP contribution in [0.5, 0.6) is 0 Å². The van der Waals surface area contributed by atoms with Crippen LogP contribution in [-0.2, 0) is 9.53 Å². The van der Waals surface area contributed by atoms with Crippen molar-refractivity contribution in [3.05, 3.63) is 65.6 Å². The van der Waals surface area contributed by atoms with E-state index in [0.29, 0.717) is 43.3 Å². The van der Waals surface area contributed by atoms with Crippen molar-refractivity contribution >= 4 is 23.6 Å². The number of rotatable bonds is 3. The highest BCUT2D eigenvalue weighted by molar-refractivity contribution is 6.07. The highest BCUT2D eigenvalue weighted by atomic mass is 16.5. The maximum atomic E-state index is 13.2. The van der Waals surface area contributed by atoms with Gasteiger partial charge in [0.25, 0.3) is 12.3 Å². The Balaban J connectivity index is 1.64. The first kappa shape index (κ1) is 19.3. The van der Waals surface area contributed by atoms with Crippen molar-refractivity contribution in [1.82, 2.24) is 19.7 Å². The molecule has 4 rings (SSSR count). The molecule has 8 nitrogen and oxygen atoms in total. The van der Waals surface area contributed by atoms with E-state index >= 15 is 0 Å². The number of aliphatic hydroxyl groups excluding tert-OH is 1. The third-order valence-electron chi connectivity index (χ3n) is 5.37. The van der Waals surface area contributed by atoms with Crippen molar-refractivity contribution in [2.75, 3.05) is 33.4 Å². The van der Waals surface area contributed by atoms with E-state index in [9.17, 15) is 14.7 Å². The van der Waals surface area contributed by atoms with Crippen LogP contribution >= 0.6 is 0 Å². The first-order valence-corrected chi connectivity index (χ1v) is 9.45. The zero-order chi connectivity index (χ0) is 20.4. The highest BCUT2D eigenvalue weighted by Crippen LogP contribution is 2.31. The van der Waals surface area contributed by atoms with Crippen LogP contribution in [0.15, 0.2) is 54.5 Å². The molecule has 2 saturated heterocycles. The lowest BCUT2D eigenvalue weighted by Gasteiger charge is -2.29. The molecule has 1 aromatic heterocycles. The minimum Gasteiger partial charge on any atom is -0.378 e. The molecule has 2 atom stereocenters. The van der Waals surface area contributed by atoms with Crippen molar-refractivity contribution in [2.45, 2.75) is 6.35 Å². The number of aliphatic hydroxyl groups is 1. The summed E-state index contributed by atoms with van der Waals surface area (Å²) in [5.74, 6) is -0.395. The van der Waals surface area contributed by atoms with Gasteiger partial charge in [0.15, 0.2) is 0 Å². The molecule has 3 heterocycles. The molecule has 29 heavy (non-hydrogen) atoms. The number of morpholine rings is 1. The Kier molecular flexibility index (Phi) is 5.14. The van der Waals surface area contributed by atoms with E-state index in [0.717, 1.165) is 5.56 Å². The van der Waals surface area contributed by atoms with Crippen LogP contribution in [0.1, 0.15) is 15.9 Å². The molecule has 2 N–H and O–H groups in total. The molecule has 2 aromatic rings. The third kappa shape index (κ3) is 3.53. The highest BCUT2D eigenvalue weighted by Gasteiger charge is 2.51. The summed E-state index contributed by atoms with van der Waals surface area (Å²) in [7, 11) is 1.63. The molecule has 2 unspecified atom stereocenters. The maximum Gasteiger partial charge on any atom is 0.370 e. The fourth-order valence-corrected chi connectivity index (χ4v) is 3.56. The van der Waals surface area contributed by atoms with Gasteiger partial charge in [-0.1, -0.05) is 6.07 Å². The number of quaternary nitrogens is 1. The Hall–Kier alpha value is -3.07. The number of nitrogens with zero attached hydrogens (tertiary/aromatic N) is 3. The molecular formula is C21H23N4O4+. The molecule has 2 aliphatic rings. The van der Waals surface area contributed by atoms with E-state index in [1.54, 1.807) is 66.8 Å². The maximum absolute atomic E-state index is 13.2. The van der Waals surface area contributed by atoms with E-state index in [2.05, 4.69) is 10.3 Å². The SMILES string of the molecule is C[N+]1(c2cccc(C(=O)N3CCOCC3)c2)C(=O)C(=Cc2ccncc2)NC1O. The summed E-state index contributed by atoms with van der Waals surface area (Å²) >= 11 is 0. The molecule has 2 fully saturated rings. The smallest absolute Gasteiger partial charge is 0.370 e. The Labute approximate surface area is 168 Å². The zero-order valence-corrected chi connectivity index (χ0v) is 16.1. The van der Waals surface area contributed by atoms with Crippen LogP contribution in [0.25, 0.3) is 6.08 Å². The van der Waals surface area contributed by atoms with Crippen LogP contribution in [0.3, 0.4) is 0 Å². The zero-order valence-electron chi connectivity index (χ0n) is 16.1. The molecule has 0 saturated carbocycles. The monoisotopic (exact) mass is 395 g/mol. The van der Waals surface area contributed by atoms with E-state index < -0.39 is 6.35 Å². The first-order chi connectivity index (χ1) is 14.0. The molecule has 150 valence electrons. The van der Waals surface area contributed by atoms with Crippen LogP contribution in [-0.4, -0.2) is 66.5 Å². The molecule has 1 aromatic carbocycles. The van der Waals surface area contributed by atoms with Gasteiger partial charge in [-0.3, -0.25) is 9.78 Å². The molecule has 0 aliphatic carbocycles. The van der Waals surface area contributed by atoms with Crippen LogP contribution in [0.2, 0.25) is 0 Å².